The van der Waals surface area contributed by atoms with E-state index in [1.54, 1.807) is 16.8 Å². The van der Waals surface area contributed by atoms with Crippen molar-refractivity contribution in [2.24, 2.45) is 0 Å². The smallest absolute Gasteiger partial charge is 0.261 e. The van der Waals surface area contributed by atoms with Gasteiger partial charge in [0, 0.05) is 15.9 Å². The molecule has 0 aliphatic rings. The number of aromatic nitrogens is 2. The van der Waals surface area contributed by atoms with Gasteiger partial charge >= 0.3 is 0 Å². The number of carbonyl (C=O) groups is 2. The zero-order valence-electron chi connectivity index (χ0n) is 15.6. The molecule has 3 rings (SSSR count). The van der Waals surface area contributed by atoms with Gasteiger partial charge in [-0.05, 0) is 52.0 Å². The molecule has 0 unspecified atom stereocenters. The number of nitrogens with one attached hydrogen (secondary N) is 2. The lowest BCUT2D eigenvalue weighted by molar-refractivity contribution is -0.121. The molecule has 2 N–H and O–H groups in total. The number of hydrogen-bond donors (Lipinski definition) is 2. The van der Waals surface area contributed by atoms with Crippen molar-refractivity contribution in [2.45, 2.75) is 33.2 Å². The highest BCUT2D eigenvalue weighted by atomic mass is 35.5. The summed E-state index contributed by atoms with van der Waals surface area (Å²) in [4.78, 5) is 25.7. The number of hydrogen-bond acceptors (Lipinski definition) is 4. The summed E-state index contributed by atoms with van der Waals surface area (Å²) in [6.07, 6.45) is 0. The van der Waals surface area contributed by atoms with Crippen LogP contribution in [0.15, 0.2) is 30.3 Å². The Balaban J connectivity index is 1.82. The largest absolute Gasteiger partial charge is 0.350 e. The maximum atomic E-state index is 12.5. The summed E-state index contributed by atoms with van der Waals surface area (Å²) in [6, 6.07) is 9.20. The molecule has 0 aliphatic heterocycles. The van der Waals surface area contributed by atoms with Crippen LogP contribution in [0.3, 0.4) is 0 Å². The Morgan fingerprint density at radius 3 is 2.67 bits per heavy atom. The quantitative estimate of drug-likeness (QED) is 0.696. The Morgan fingerprint density at radius 2 is 2.00 bits per heavy atom. The molecule has 6 nitrogen and oxygen atoms in total. The zero-order chi connectivity index (χ0) is 19.8. The number of rotatable bonds is 4. The van der Waals surface area contributed by atoms with E-state index in [1.807, 2.05) is 45.9 Å². The van der Waals surface area contributed by atoms with E-state index in [1.165, 1.54) is 11.3 Å². The molecule has 0 aliphatic carbocycles. The second-order valence-corrected chi connectivity index (χ2v) is 8.75. The third kappa shape index (κ3) is 4.48. The van der Waals surface area contributed by atoms with Gasteiger partial charge in [-0.1, -0.05) is 17.7 Å². The number of thiophene rings is 1. The van der Waals surface area contributed by atoms with E-state index in [0.717, 1.165) is 21.6 Å². The van der Waals surface area contributed by atoms with E-state index in [-0.39, 0.29) is 23.9 Å². The first-order valence-corrected chi connectivity index (χ1v) is 9.68. The van der Waals surface area contributed by atoms with Crippen molar-refractivity contribution < 1.29 is 9.59 Å². The highest BCUT2D eigenvalue weighted by Gasteiger charge is 2.19. The minimum absolute atomic E-state index is 0.0657. The van der Waals surface area contributed by atoms with E-state index >= 15 is 0 Å². The SMILES string of the molecule is Cc1nn(-c2cccc(Cl)c2)c2sc(C(=O)NCC(=O)NC(C)(C)C)cc12. The first-order chi connectivity index (χ1) is 12.6. The van der Waals surface area contributed by atoms with E-state index in [9.17, 15) is 9.59 Å². The normalized spacial score (nSPS) is 11.6. The number of aryl methyl sites for hydroxylation is 1. The van der Waals surface area contributed by atoms with Crippen LogP contribution < -0.4 is 10.6 Å². The van der Waals surface area contributed by atoms with Crippen LogP contribution in [-0.4, -0.2) is 33.7 Å². The highest BCUT2D eigenvalue weighted by Crippen LogP contribution is 2.30. The molecule has 0 radical (unpaired) electrons. The molecule has 1 aromatic carbocycles. The molecule has 0 atom stereocenters. The fourth-order valence-corrected chi connectivity index (χ4v) is 3.94. The summed E-state index contributed by atoms with van der Waals surface area (Å²) in [5.74, 6) is -0.504. The Morgan fingerprint density at radius 1 is 1.26 bits per heavy atom. The lowest BCUT2D eigenvalue weighted by Crippen LogP contribution is -2.45. The van der Waals surface area contributed by atoms with Gasteiger partial charge in [-0.15, -0.1) is 11.3 Å². The van der Waals surface area contributed by atoms with Crippen molar-refractivity contribution in [2.75, 3.05) is 6.54 Å². The summed E-state index contributed by atoms with van der Waals surface area (Å²) < 4.78 is 1.78. The summed E-state index contributed by atoms with van der Waals surface area (Å²) >= 11 is 7.42. The predicted octanol–water partition coefficient (Wildman–Crippen LogP) is 3.69. The van der Waals surface area contributed by atoms with Gasteiger partial charge in [0.15, 0.2) is 0 Å². The van der Waals surface area contributed by atoms with Crippen molar-refractivity contribution in [3.8, 4) is 5.69 Å². The number of amides is 2. The molecule has 0 bridgehead atoms. The molecule has 0 saturated carbocycles. The van der Waals surface area contributed by atoms with E-state index in [2.05, 4.69) is 15.7 Å². The fourth-order valence-electron chi connectivity index (χ4n) is 2.65. The minimum atomic E-state index is -0.336. The molecular weight excluding hydrogens is 384 g/mol. The molecule has 0 fully saturated rings. The van der Waals surface area contributed by atoms with Crippen molar-refractivity contribution >= 4 is 45.0 Å². The molecule has 142 valence electrons. The molecule has 8 heteroatoms. The van der Waals surface area contributed by atoms with Crippen LogP contribution in [-0.2, 0) is 4.79 Å². The van der Waals surface area contributed by atoms with Gasteiger partial charge in [0.1, 0.15) is 4.83 Å². The molecule has 2 amide bonds. The van der Waals surface area contributed by atoms with Gasteiger partial charge in [0.2, 0.25) is 5.91 Å². The summed E-state index contributed by atoms with van der Waals surface area (Å²) in [5, 5.41) is 11.6. The van der Waals surface area contributed by atoms with Gasteiger partial charge in [0.25, 0.3) is 5.91 Å². The van der Waals surface area contributed by atoms with Gasteiger partial charge in [-0.3, -0.25) is 9.59 Å². The summed E-state index contributed by atoms with van der Waals surface area (Å²) in [6.45, 7) is 7.51. The average molecular weight is 405 g/mol. The molecular formula is C19H21ClN4O2S. The zero-order valence-corrected chi connectivity index (χ0v) is 17.2. The predicted molar refractivity (Wildman–Crippen MR) is 109 cm³/mol. The number of nitrogens with zero attached hydrogens (tertiary/aromatic N) is 2. The topological polar surface area (TPSA) is 76.0 Å². The molecule has 27 heavy (non-hydrogen) atoms. The Kier molecular flexibility index (Phi) is 5.26. The molecule has 2 aromatic heterocycles. The van der Waals surface area contributed by atoms with Crippen molar-refractivity contribution in [1.29, 1.82) is 0 Å². The molecule has 0 saturated heterocycles. The van der Waals surface area contributed by atoms with Crippen molar-refractivity contribution in [3.05, 3.63) is 45.9 Å². The summed E-state index contributed by atoms with van der Waals surface area (Å²) in [5.41, 5.74) is 1.32. The van der Waals surface area contributed by atoms with Gasteiger partial charge < -0.3 is 10.6 Å². The van der Waals surface area contributed by atoms with Crippen LogP contribution in [0.5, 0.6) is 0 Å². The molecule has 2 heterocycles. The van der Waals surface area contributed by atoms with E-state index in [0.29, 0.717) is 9.90 Å². The minimum Gasteiger partial charge on any atom is -0.350 e. The second kappa shape index (κ2) is 7.32. The first-order valence-electron chi connectivity index (χ1n) is 8.48. The number of benzene rings is 1. The third-order valence-corrected chi connectivity index (χ3v) is 5.09. The second-order valence-electron chi connectivity index (χ2n) is 7.29. The maximum Gasteiger partial charge on any atom is 0.261 e. The Labute approximate surface area is 166 Å². The summed E-state index contributed by atoms with van der Waals surface area (Å²) in [7, 11) is 0. The van der Waals surface area contributed by atoms with E-state index in [4.69, 9.17) is 11.6 Å². The number of fused-ring (bicyclic) bond motifs is 1. The standard InChI is InChI=1S/C19H21ClN4O2S/c1-11-14-9-15(17(26)21-10-16(25)22-19(2,3)4)27-18(14)24(23-11)13-7-5-6-12(20)8-13/h5-9H,10H2,1-4H3,(H,21,26)(H,22,25). The van der Waals surface area contributed by atoms with Crippen LogP contribution in [0.4, 0.5) is 0 Å². The van der Waals surface area contributed by atoms with Crippen molar-refractivity contribution in [3.63, 3.8) is 0 Å². The molecule has 3 aromatic rings. The lowest BCUT2D eigenvalue weighted by atomic mass is 10.1. The Hall–Kier alpha value is -2.38. The number of carbonyl (C=O) groups excluding carboxylic acids is 2. The maximum absolute atomic E-state index is 12.5. The van der Waals surface area contributed by atoms with Crippen LogP contribution in [0.2, 0.25) is 5.02 Å². The van der Waals surface area contributed by atoms with E-state index < -0.39 is 0 Å². The third-order valence-electron chi connectivity index (χ3n) is 3.75. The molecule has 0 spiro atoms. The highest BCUT2D eigenvalue weighted by molar-refractivity contribution is 7.20. The van der Waals surface area contributed by atoms with Crippen LogP contribution in [0.25, 0.3) is 15.9 Å². The number of halogens is 1. The van der Waals surface area contributed by atoms with Crippen LogP contribution in [0.1, 0.15) is 36.1 Å². The van der Waals surface area contributed by atoms with Gasteiger partial charge in [-0.25, -0.2) is 4.68 Å². The van der Waals surface area contributed by atoms with Crippen LogP contribution in [0, 0.1) is 6.92 Å². The average Bonchev–Trinajstić information content (AvgIpc) is 3.12. The van der Waals surface area contributed by atoms with Crippen LogP contribution >= 0.6 is 22.9 Å². The van der Waals surface area contributed by atoms with Crippen molar-refractivity contribution in [1.82, 2.24) is 20.4 Å². The monoisotopic (exact) mass is 404 g/mol. The Bertz CT molecular complexity index is 1020. The van der Waals surface area contributed by atoms with Gasteiger partial charge in [-0.2, -0.15) is 5.10 Å². The fraction of sp³-hybridized carbons (Fsp3) is 0.316. The lowest BCUT2D eigenvalue weighted by Gasteiger charge is -2.20. The van der Waals surface area contributed by atoms with Gasteiger partial charge in [0.05, 0.1) is 22.8 Å². The first kappa shape index (κ1) is 19.4.